The monoisotopic (exact) mass is 1590 g/mol. The first kappa shape index (κ1) is 69.8. The Morgan fingerprint density at radius 1 is 0.280 bits per heavy atom. The van der Waals surface area contributed by atoms with Crippen molar-refractivity contribution in [1.82, 2.24) is 18.3 Å². The summed E-state index contributed by atoms with van der Waals surface area (Å²) in [5.41, 5.74) is 30.5. The topological polar surface area (TPSA) is 38.2 Å². The highest BCUT2D eigenvalue weighted by molar-refractivity contribution is 9.10. The van der Waals surface area contributed by atoms with Crippen LogP contribution in [0.25, 0.3) is 143 Å². The van der Waals surface area contributed by atoms with E-state index in [1.165, 1.54) is 208 Å². The predicted molar refractivity (Wildman–Crippen MR) is 492 cm³/mol. The van der Waals surface area contributed by atoms with Crippen LogP contribution in [0.3, 0.4) is 0 Å². The molecular formula is C110H92BBrN4O2. The summed E-state index contributed by atoms with van der Waals surface area (Å²) >= 11 is 3.57. The minimum atomic E-state index is -0.379. The van der Waals surface area contributed by atoms with Crippen LogP contribution in [-0.4, -0.2) is 36.6 Å². The lowest BCUT2D eigenvalue weighted by molar-refractivity contribution is -0.0399. The van der Waals surface area contributed by atoms with E-state index in [0.717, 1.165) is 57.3 Å². The molecule has 8 saturated carbocycles. The van der Waals surface area contributed by atoms with Crippen molar-refractivity contribution in [3.05, 3.63) is 342 Å². The van der Waals surface area contributed by atoms with Gasteiger partial charge in [0.1, 0.15) is 0 Å². The van der Waals surface area contributed by atoms with Gasteiger partial charge in [0.2, 0.25) is 0 Å². The fourth-order valence-electron chi connectivity index (χ4n) is 26.3. The summed E-state index contributed by atoms with van der Waals surface area (Å²) in [6.45, 7) is 8.51. The molecule has 5 heterocycles. The molecule has 574 valence electrons. The number of para-hydroxylation sites is 6. The number of halogens is 1. The van der Waals surface area contributed by atoms with E-state index in [1.807, 2.05) is 6.07 Å². The zero-order chi connectivity index (χ0) is 78.2. The number of hydrogen-bond acceptors (Lipinski definition) is 2. The minimum Gasteiger partial charge on any atom is -0.399 e. The highest BCUT2D eigenvalue weighted by atomic mass is 79.9. The Hall–Kier alpha value is -11.3. The van der Waals surface area contributed by atoms with E-state index in [0.29, 0.717) is 0 Å². The van der Waals surface area contributed by atoms with Crippen molar-refractivity contribution < 1.29 is 9.31 Å². The van der Waals surface area contributed by atoms with Gasteiger partial charge in [-0.3, -0.25) is 0 Å². The third kappa shape index (κ3) is 9.88. The van der Waals surface area contributed by atoms with Crippen LogP contribution in [0, 0.1) is 47.3 Å². The Balaban J connectivity index is 0.000000108. The van der Waals surface area contributed by atoms with Crippen LogP contribution in [0.1, 0.15) is 114 Å². The Morgan fingerprint density at radius 3 is 1.03 bits per heavy atom. The van der Waals surface area contributed by atoms with Gasteiger partial charge in [-0.25, -0.2) is 0 Å². The van der Waals surface area contributed by atoms with Crippen molar-refractivity contribution in [2.45, 2.75) is 114 Å². The molecule has 8 bridgehead atoms. The summed E-state index contributed by atoms with van der Waals surface area (Å²) in [5, 5.41) is 10.3. The number of benzene rings is 14. The summed E-state index contributed by atoms with van der Waals surface area (Å²) in [6.07, 6.45) is 14.2. The van der Waals surface area contributed by atoms with E-state index in [4.69, 9.17) is 9.31 Å². The van der Waals surface area contributed by atoms with E-state index >= 15 is 0 Å². The fourth-order valence-corrected chi connectivity index (χ4v) is 26.7. The normalized spacial score (nSPS) is 24.1. The molecule has 14 aromatic carbocycles. The first-order chi connectivity index (χ1) is 57.9. The van der Waals surface area contributed by atoms with Crippen molar-refractivity contribution in [3.63, 3.8) is 0 Å². The summed E-state index contributed by atoms with van der Waals surface area (Å²) in [7, 11) is -0.379. The van der Waals surface area contributed by atoms with Crippen molar-refractivity contribution in [2.24, 2.45) is 47.3 Å². The van der Waals surface area contributed by atoms with Crippen LogP contribution >= 0.6 is 15.9 Å². The lowest BCUT2D eigenvalue weighted by atomic mass is 9.43. The van der Waals surface area contributed by atoms with Crippen LogP contribution in [-0.2, 0) is 20.1 Å². The van der Waals surface area contributed by atoms with Crippen LogP contribution in [0.2, 0.25) is 0 Å². The molecule has 10 aliphatic carbocycles. The van der Waals surface area contributed by atoms with Gasteiger partial charge in [-0.1, -0.05) is 222 Å². The molecule has 0 N–H and O–H groups in total. The van der Waals surface area contributed by atoms with Gasteiger partial charge < -0.3 is 27.6 Å². The Morgan fingerprint density at radius 2 is 0.602 bits per heavy atom. The summed E-state index contributed by atoms with van der Waals surface area (Å²) in [4.78, 5) is 0. The molecule has 18 aromatic rings. The number of aromatic nitrogens is 4. The maximum atomic E-state index is 6.48. The fraction of sp³-hybridized carbons (Fsp3) is 0.236. The molecule has 1 aliphatic heterocycles. The second kappa shape index (κ2) is 25.9. The molecular weight excluding hydrogens is 1500 g/mol. The van der Waals surface area contributed by atoms with Gasteiger partial charge in [-0.15, -0.1) is 0 Å². The average molecular weight is 1590 g/mol. The molecule has 0 atom stereocenters. The predicted octanol–water partition coefficient (Wildman–Crippen LogP) is 27.6. The zero-order valence-corrected chi connectivity index (χ0v) is 68.9. The zero-order valence-electron chi connectivity index (χ0n) is 67.3. The molecule has 0 unspecified atom stereocenters. The van der Waals surface area contributed by atoms with Crippen LogP contribution in [0.4, 0.5) is 0 Å². The van der Waals surface area contributed by atoms with E-state index < -0.39 is 0 Å². The first-order valence-corrected chi connectivity index (χ1v) is 44.4. The second-order valence-electron chi connectivity index (χ2n) is 37.4. The quantitative estimate of drug-likeness (QED) is 0.156. The third-order valence-corrected chi connectivity index (χ3v) is 31.7. The number of rotatable bonds is 6. The highest BCUT2D eigenvalue weighted by Crippen LogP contribution is 2.72. The van der Waals surface area contributed by atoms with Gasteiger partial charge in [0.15, 0.2) is 0 Å². The molecule has 4 aromatic heterocycles. The Bertz CT molecular complexity index is 7140. The number of fused-ring (bicyclic) bond motifs is 18. The van der Waals surface area contributed by atoms with E-state index in [-0.39, 0.29) is 29.2 Å². The van der Waals surface area contributed by atoms with Crippen molar-refractivity contribution in [3.8, 4) is 56.1 Å². The molecule has 0 amide bonds. The Labute approximate surface area is 698 Å². The molecule has 6 nitrogen and oxygen atoms in total. The average Bonchev–Trinajstić information content (AvgIpc) is 1.51. The van der Waals surface area contributed by atoms with E-state index in [9.17, 15) is 0 Å². The first-order valence-electron chi connectivity index (χ1n) is 43.6. The maximum Gasteiger partial charge on any atom is 0.494 e. The van der Waals surface area contributed by atoms with Crippen LogP contribution in [0.15, 0.2) is 320 Å². The number of nitrogens with zero attached hydrogens (tertiary/aromatic N) is 4. The lowest BCUT2D eigenvalue weighted by Crippen LogP contribution is -2.55. The Kier molecular flexibility index (Phi) is 15.3. The van der Waals surface area contributed by atoms with E-state index in [1.54, 1.807) is 22.3 Å². The van der Waals surface area contributed by atoms with Gasteiger partial charge in [-0.05, 0) is 298 Å². The van der Waals surface area contributed by atoms with Gasteiger partial charge in [0.25, 0.3) is 0 Å². The SMILES string of the molecule is Brc1ccc2c(c1)c1ccccc1n2-c1ccccc1.CC1(C)OB(c2ccc3c(c2)c2ccccc2n3-c2cccc3c2-c2ccccc2C32C3CC4CC(C3)CC2C4)OC1(C)C.c1ccc(-n2c3ccccc3c3cc(-c4ccc5c(c4)c4ccccc4n5-c4cccc5c4-c4ccccc4C54C5CC6CC(C5)CC4C6)ccc32)cc1. The van der Waals surface area contributed by atoms with Crippen molar-refractivity contribution in [2.75, 3.05) is 0 Å². The number of hydrogen-bond donors (Lipinski definition) is 0. The molecule has 1 saturated heterocycles. The molecule has 9 fully saturated rings. The van der Waals surface area contributed by atoms with Crippen LogP contribution < -0.4 is 5.46 Å². The van der Waals surface area contributed by atoms with Gasteiger partial charge in [0, 0.05) is 80.9 Å². The van der Waals surface area contributed by atoms with E-state index in [2.05, 4.69) is 371 Å². The standard InChI is InChI=1S/C52H40N2.C40H40BNO2.C18H12BrN/c1-2-11-38(12-3-1)53-46-18-8-5-13-39(46)42-30-34(21-23-48(42)53)35-22-24-49-43(31-35)40-14-6-9-19-47(40)54(49)50-20-10-17-45-51(50)41-15-4-7-16-44(41)52(45)36-26-32-25-33(28-36)29-37(52)27-32;1-38(2)39(3,4)44-41(43-38)28-16-17-35-31(23-28)29-10-6-8-14-34(29)42(35)36-15-9-13-33-37(36)30-11-5-7-12-32(30)40(33)26-19-24-18-25(21-26)22-27(40)20-24;19-13-10-11-18-16(12-13)15-8-4-5-9-17(15)20(18)14-6-2-1-3-7-14/h1-24,30-33,36-37H,25-29H2;5-17,23-27H,18-22H2,1-4H3;1-12H. The molecule has 8 heteroatoms. The summed E-state index contributed by atoms with van der Waals surface area (Å²) in [5.74, 6) is 6.79. The molecule has 0 radical (unpaired) electrons. The smallest absolute Gasteiger partial charge is 0.399 e. The third-order valence-electron chi connectivity index (χ3n) is 31.2. The maximum absolute atomic E-state index is 6.48. The second-order valence-corrected chi connectivity index (χ2v) is 38.3. The van der Waals surface area contributed by atoms with Gasteiger partial charge >= 0.3 is 7.12 Å². The molecule has 29 rings (SSSR count). The highest BCUT2D eigenvalue weighted by Gasteiger charge is 2.64. The summed E-state index contributed by atoms with van der Waals surface area (Å²) < 4.78 is 23.9. The van der Waals surface area contributed by atoms with Crippen molar-refractivity contribution >= 4 is 116 Å². The van der Waals surface area contributed by atoms with Crippen molar-refractivity contribution in [1.29, 1.82) is 0 Å². The van der Waals surface area contributed by atoms with Gasteiger partial charge in [0.05, 0.1) is 66.7 Å². The molecule has 11 aliphatic rings. The van der Waals surface area contributed by atoms with Gasteiger partial charge in [-0.2, -0.15) is 0 Å². The molecule has 118 heavy (non-hydrogen) atoms. The lowest BCUT2D eigenvalue weighted by Gasteiger charge is -2.61. The summed E-state index contributed by atoms with van der Waals surface area (Å²) in [6, 6.07) is 118. The largest absolute Gasteiger partial charge is 0.494 e. The molecule has 2 spiro atoms. The van der Waals surface area contributed by atoms with Crippen LogP contribution in [0.5, 0.6) is 0 Å². The minimum absolute atomic E-state index is 0.156.